The Morgan fingerprint density at radius 3 is 2.32 bits per heavy atom. The predicted molar refractivity (Wildman–Crippen MR) is 82.3 cm³/mol. The molecule has 0 radical (unpaired) electrons. The molecule has 3 rings (SSSR count). The quantitative estimate of drug-likeness (QED) is 0.882. The van der Waals surface area contributed by atoms with Crippen molar-refractivity contribution in [1.29, 1.82) is 0 Å². The maximum absolute atomic E-state index is 12.7. The third-order valence-electron chi connectivity index (χ3n) is 4.05. The topological polar surface area (TPSA) is 84.1 Å². The molecule has 1 aliphatic carbocycles. The lowest BCUT2D eigenvalue weighted by Gasteiger charge is -2.18. The van der Waals surface area contributed by atoms with Gasteiger partial charge in [0.15, 0.2) is 0 Å². The van der Waals surface area contributed by atoms with Crippen LogP contribution in [0.15, 0.2) is 29.2 Å². The van der Waals surface area contributed by atoms with Crippen LogP contribution >= 0.6 is 0 Å². The van der Waals surface area contributed by atoms with E-state index < -0.39 is 15.6 Å². The molecule has 0 aliphatic heterocycles. The van der Waals surface area contributed by atoms with Gasteiger partial charge in [0.05, 0.1) is 24.0 Å². The van der Waals surface area contributed by atoms with Gasteiger partial charge in [-0.2, -0.15) is 5.10 Å². The first-order valence-electron chi connectivity index (χ1n) is 7.08. The van der Waals surface area contributed by atoms with Crippen molar-refractivity contribution in [3.05, 3.63) is 41.2 Å². The summed E-state index contributed by atoms with van der Waals surface area (Å²) in [5.74, 6) is 0.754. The van der Waals surface area contributed by atoms with E-state index in [1.54, 1.807) is 21.0 Å². The van der Waals surface area contributed by atoms with Gasteiger partial charge in [-0.1, -0.05) is 12.1 Å². The van der Waals surface area contributed by atoms with E-state index in [-0.39, 0.29) is 4.90 Å². The third-order valence-corrected chi connectivity index (χ3v) is 5.85. The van der Waals surface area contributed by atoms with Crippen LogP contribution in [0.5, 0.6) is 5.75 Å². The average Bonchev–Trinajstić information content (AvgIpc) is 3.16. The molecule has 1 aromatic carbocycles. The number of aryl methyl sites for hydroxylation is 2. The molecule has 0 bridgehead atoms. The zero-order chi connectivity index (χ0) is 16.0. The molecule has 22 heavy (non-hydrogen) atoms. The Morgan fingerprint density at radius 2 is 1.86 bits per heavy atom. The van der Waals surface area contributed by atoms with E-state index in [4.69, 9.17) is 4.74 Å². The number of ether oxygens (including phenoxy) is 1. The third kappa shape index (κ3) is 2.50. The van der Waals surface area contributed by atoms with Crippen LogP contribution in [0.4, 0.5) is 0 Å². The first kappa shape index (κ1) is 15.1. The second-order valence-corrected chi connectivity index (χ2v) is 7.30. The molecule has 2 N–H and O–H groups in total. The van der Waals surface area contributed by atoms with Crippen molar-refractivity contribution < 1.29 is 13.2 Å². The van der Waals surface area contributed by atoms with Crippen molar-refractivity contribution in [2.75, 3.05) is 7.11 Å². The van der Waals surface area contributed by atoms with Gasteiger partial charge in [0.25, 0.3) is 0 Å². The van der Waals surface area contributed by atoms with Crippen LogP contribution in [0.1, 0.15) is 29.8 Å². The lowest BCUT2D eigenvalue weighted by atomic mass is 10.1. The molecule has 1 saturated carbocycles. The molecular formula is C15H19N3O3S. The molecule has 6 nitrogen and oxygen atoms in total. The molecule has 0 saturated heterocycles. The number of methoxy groups -OCH3 is 1. The van der Waals surface area contributed by atoms with Crippen LogP contribution in [0, 0.1) is 13.8 Å². The summed E-state index contributed by atoms with van der Waals surface area (Å²) in [5.41, 5.74) is 1.48. The van der Waals surface area contributed by atoms with E-state index in [0.29, 0.717) is 11.4 Å². The molecule has 0 amide bonds. The van der Waals surface area contributed by atoms with E-state index in [9.17, 15) is 8.42 Å². The van der Waals surface area contributed by atoms with Gasteiger partial charge in [0.2, 0.25) is 10.0 Å². The largest absolute Gasteiger partial charge is 0.497 e. The maximum Gasteiger partial charge on any atom is 0.245 e. The smallest absolute Gasteiger partial charge is 0.245 e. The molecule has 0 spiro atoms. The average molecular weight is 321 g/mol. The summed E-state index contributed by atoms with van der Waals surface area (Å²) < 4.78 is 33.4. The van der Waals surface area contributed by atoms with Gasteiger partial charge in [-0.05, 0) is 44.4 Å². The molecule has 2 aromatic rings. The number of benzene rings is 1. The molecular weight excluding hydrogens is 302 g/mol. The van der Waals surface area contributed by atoms with Crippen molar-refractivity contribution in [2.24, 2.45) is 0 Å². The highest BCUT2D eigenvalue weighted by molar-refractivity contribution is 7.89. The van der Waals surface area contributed by atoms with Gasteiger partial charge in [-0.15, -0.1) is 0 Å². The summed E-state index contributed by atoms with van der Waals surface area (Å²) >= 11 is 0. The summed E-state index contributed by atoms with van der Waals surface area (Å²) in [6.45, 7) is 3.40. The Morgan fingerprint density at radius 1 is 1.23 bits per heavy atom. The number of hydrogen-bond donors (Lipinski definition) is 2. The monoisotopic (exact) mass is 321 g/mol. The highest BCUT2D eigenvalue weighted by atomic mass is 32.2. The van der Waals surface area contributed by atoms with Crippen molar-refractivity contribution in [2.45, 2.75) is 37.1 Å². The van der Waals surface area contributed by atoms with Crippen LogP contribution in [0.25, 0.3) is 0 Å². The molecule has 118 valence electrons. The fraction of sp³-hybridized carbons (Fsp3) is 0.400. The minimum absolute atomic E-state index is 0.243. The molecule has 1 fully saturated rings. The second kappa shape index (κ2) is 5.10. The first-order valence-corrected chi connectivity index (χ1v) is 8.56. The molecule has 0 atom stereocenters. The van der Waals surface area contributed by atoms with Crippen molar-refractivity contribution in [3.63, 3.8) is 0 Å². The molecule has 7 heteroatoms. The number of H-pyrrole nitrogens is 1. The summed E-state index contributed by atoms with van der Waals surface area (Å²) in [4.78, 5) is 0.243. The zero-order valence-electron chi connectivity index (χ0n) is 12.8. The van der Waals surface area contributed by atoms with E-state index in [1.807, 2.05) is 24.3 Å². The van der Waals surface area contributed by atoms with Crippen LogP contribution in [0.2, 0.25) is 0 Å². The highest BCUT2D eigenvalue weighted by Gasteiger charge is 2.48. The minimum atomic E-state index is -3.61. The van der Waals surface area contributed by atoms with Gasteiger partial charge in [0, 0.05) is 0 Å². The van der Waals surface area contributed by atoms with Crippen LogP contribution < -0.4 is 9.46 Å². The van der Waals surface area contributed by atoms with Crippen LogP contribution in [-0.4, -0.2) is 25.7 Å². The Bertz CT molecular complexity index is 770. The van der Waals surface area contributed by atoms with Gasteiger partial charge >= 0.3 is 0 Å². The Labute approximate surface area is 129 Å². The highest BCUT2D eigenvalue weighted by Crippen LogP contribution is 2.47. The zero-order valence-corrected chi connectivity index (χ0v) is 13.6. The summed E-state index contributed by atoms with van der Waals surface area (Å²) in [6, 6.07) is 7.50. The Hall–Kier alpha value is -1.86. The van der Waals surface area contributed by atoms with E-state index in [1.165, 1.54) is 0 Å². The number of aromatic nitrogens is 2. The van der Waals surface area contributed by atoms with Gasteiger partial charge in [-0.25, -0.2) is 13.1 Å². The number of aromatic amines is 1. The van der Waals surface area contributed by atoms with Crippen molar-refractivity contribution >= 4 is 10.0 Å². The fourth-order valence-electron chi connectivity index (χ4n) is 2.73. The standard InChI is InChI=1S/C15H19N3O3S/c1-10-14(11(2)17-16-10)22(19,20)18-15(8-9-15)12-4-6-13(21-3)7-5-12/h4-7,18H,8-9H2,1-3H3,(H,16,17). The van der Waals surface area contributed by atoms with Crippen molar-refractivity contribution in [3.8, 4) is 5.75 Å². The lowest BCUT2D eigenvalue weighted by molar-refractivity contribution is 0.414. The maximum atomic E-state index is 12.7. The van der Waals surface area contributed by atoms with Crippen molar-refractivity contribution in [1.82, 2.24) is 14.9 Å². The number of nitrogens with zero attached hydrogens (tertiary/aromatic N) is 1. The molecule has 1 aromatic heterocycles. The Balaban J connectivity index is 1.91. The van der Waals surface area contributed by atoms with Crippen LogP contribution in [0.3, 0.4) is 0 Å². The number of hydrogen-bond acceptors (Lipinski definition) is 4. The first-order chi connectivity index (χ1) is 10.4. The van der Waals surface area contributed by atoms with Gasteiger partial charge in [-0.3, -0.25) is 5.10 Å². The van der Waals surface area contributed by atoms with Gasteiger partial charge < -0.3 is 4.74 Å². The van der Waals surface area contributed by atoms with E-state index in [0.717, 1.165) is 24.2 Å². The lowest BCUT2D eigenvalue weighted by Crippen LogP contribution is -2.35. The predicted octanol–water partition coefficient (Wildman–Crippen LogP) is 2.00. The summed E-state index contributed by atoms with van der Waals surface area (Å²) in [6.07, 6.45) is 1.57. The SMILES string of the molecule is COc1ccc(C2(NS(=O)(=O)c3c(C)n[nH]c3C)CC2)cc1. The normalized spacial score (nSPS) is 16.5. The van der Waals surface area contributed by atoms with Crippen LogP contribution in [-0.2, 0) is 15.6 Å². The number of sulfonamides is 1. The Kier molecular flexibility index (Phi) is 3.49. The summed E-state index contributed by atoms with van der Waals surface area (Å²) in [7, 11) is -2.01. The second-order valence-electron chi connectivity index (χ2n) is 5.68. The number of rotatable bonds is 5. The fourth-order valence-corrected chi connectivity index (χ4v) is 4.55. The van der Waals surface area contributed by atoms with E-state index >= 15 is 0 Å². The van der Waals surface area contributed by atoms with E-state index in [2.05, 4.69) is 14.9 Å². The summed E-state index contributed by atoms with van der Waals surface area (Å²) in [5, 5.41) is 6.69. The molecule has 1 heterocycles. The molecule has 0 unspecified atom stereocenters. The van der Waals surface area contributed by atoms with Gasteiger partial charge in [0.1, 0.15) is 10.6 Å². The number of nitrogens with one attached hydrogen (secondary N) is 2. The molecule has 1 aliphatic rings. The minimum Gasteiger partial charge on any atom is -0.497 e.